The van der Waals surface area contributed by atoms with Gasteiger partial charge in [0.15, 0.2) is 0 Å². The van der Waals surface area contributed by atoms with Crippen LogP contribution in [0.4, 0.5) is 10.5 Å². The summed E-state index contributed by atoms with van der Waals surface area (Å²) in [6.45, 7) is -0.0410. The maximum Gasteiger partial charge on any atom is 0.293 e. The second-order valence-corrected chi connectivity index (χ2v) is 8.45. The Morgan fingerprint density at radius 2 is 2.00 bits per heavy atom. The van der Waals surface area contributed by atoms with Crippen LogP contribution in [0.5, 0.6) is 0 Å². The molecule has 0 unspecified atom stereocenters. The number of amides is 2. The fourth-order valence-electron chi connectivity index (χ4n) is 2.63. The molecule has 1 aliphatic rings. The Morgan fingerprint density at radius 3 is 2.69 bits per heavy atom. The molecule has 0 bridgehead atoms. The van der Waals surface area contributed by atoms with Gasteiger partial charge in [0.2, 0.25) is 0 Å². The van der Waals surface area contributed by atoms with Crippen LogP contribution in [-0.2, 0) is 11.3 Å². The van der Waals surface area contributed by atoms with Crippen LogP contribution in [0.25, 0.3) is 6.08 Å². The summed E-state index contributed by atoms with van der Waals surface area (Å²) in [5, 5.41) is 20.3. The zero-order valence-electron chi connectivity index (χ0n) is 14.9. The minimum absolute atomic E-state index is 0.0541. The number of nitrogens with zero attached hydrogens (tertiary/aromatic N) is 2. The number of hydrogen-bond donors (Lipinski definition) is 1. The number of nitro benzene ring substituents is 1. The molecule has 0 atom stereocenters. The van der Waals surface area contributed by atoms with Gasteiger partial charge in [-0.3, -0.25) is 24.6 Å². The number of carbonyl (C=O) groups is 2. The van der Waals surface area contributed by atoms with E-state index in [2.05, 4.69) is 0 Å². The van der Waals surface area contributed by atoms with E-state index in [1.165, 1.54) is 23.9 Å². The summed E-state index contributed by atoms with van der Waals surface area (Å²) >= 11 is 8.06. The average molecular weight is 451 g/mol. The van der Waals surface area contributed by atoms with Crippen molar-refractivity contribution in [1.29, 1.82) is 0 Å². The van der Waals surface area contributed by atoms with Crippen LogP contribution in [0.1, 0.15) is 11.1 Å². The average Bonchev–Trinajstić information content (AvgIpc) is 2.95. The minimum atomic E-state index is -0.514. The smallest absolute Gasteiger partial charge is 0.293 e. The molecule has 1 N–H and O–H groups in total. The second kappa shape index (κ2) is 9.45. The predicted octanol–water partition coefficient (Wildman–Crippen LogP) is 4.57. The van der Waals surface area contributed by atoms with E-state index in [0.29, 0.717) is 26.8 Å². The van der Waals surface area contributed by atoms with Crippen LogP contribution >= 0.6 is 35.1 Å². The number of halogens is 1. The van der Waals surface area contributed by atoms with Crippen molar-refractivity contribution in [1.82, 2.24) is 4.90 Å². The van der Waals surface area contributed by atoms with Crippen molar-refractivity contribution in [3.05, 3.63) is 73.6 Å². The lowest BCUT2D eigenvalue weighted by Gasteiger charge is -2.13. The standard InChI is InChI=1S/C19H15ClN2O5S2/c20-14-4-2-1-3-13(14)11-21-18(24)17(29-19(21)25)10-12-5-6-16(28-8-7-23)15(9-12)22(26)27/h1-6,9-10,23H,7-8,11H2/b17-10-. The van der Waals surface area contributed by atoms with Gasteiger partial charge in [0.05, 0.1) is 27.9 Å². The van der Waals surface area contributed by atoms with E-state index in [9.17, 15) is 19.7 Å². The first-order valence-corrected chi connectivity index (χ1v) is 10.6. The Bertz CT molecular complexity index is 1010. The zero-order valence-corrected chi connectivity index (χ0v) is 17.3. The van der Waals surface area contributed by atoms with E-state index in [0.717, 1.165) is 16.7 Å². The molecule has 1 heterocycles. The minimum Gasteiger partial charge on any atom is -0.396 e. The largest absolute Gasteiger partial charge is 0.396 e. The summed E-state index contributed by atoms with van der Waals surface area (Å²) in [6, 6.07) is 11.5. The maximum atomic E-state index is 12.7. The molecule has 1 fully saturated rings. The summed E-state index contributed by atoms with van der Waals surface area (Å²) in [5.41, 5.74) is 0.972. The monoisotopic (exact) mass is 450 g/mol. The lowest BCUT2D eigenvalue weighted by Crippen LogP contribution is -2.27. The fraction of sp³-hybridized carbons (Fsp3) is 0.158. The summed E-state index contributed by atoms with van der Waals surface area (Å²) in [7, 11) is 0. The number of aliphatic hydroxyl groups excluding tert-OH is 1. The summed E-state index contributed by atoms with van der Waals surface area (Å²) < 4.78 is 0. The molecule has 29 heavy (non-hydrogen) atoms. The van der Waals surface area contributed by atoms with Crippen molar-refractivity contribution >= 4 is 58.0 Å². The van der Waals surface area contributed by atoms with Gasteiger partial charge in [-0.15, -0.1) is 11.8 Å². The summed E-state index contributed by atoms with van der Waals surface area (Å²) in [6.07, 6.45) is 1.46. The van der Waals surface area contributed by atoms with Crippen molar-refractivity contribution < 1.29 is 19.6 Å². The molecule has 1 aliphatic heterocycles. The Morgan fingerprint density at radius 1 is 1.24 bits per heavy atom. The first-order valence-electron chi connectivity index (χ1n) is 8.41. The molecule has 2 amide bonds. The van der Waals surface area contributed by atoms with Gasteiger partial charge in [-0.25, -0.2) is 0 Å². The highest BCUT2D eigenvalue weighted by Crippen LogP contribution is 2.36. The topological polar surface area (TPSA) is 101 Å². The van der Waals surface area contributed by atoms with Crippen molar-refractivity contribution in [2.75, 3.05) is 12.4 Å². The number of rotatable bonds is 7. The Balaban J connectivity index is 1.84. The molecular formula is C19H15ClN2O5S2. The van der Waals surface area contributed by atoms with Crippen LogP contribution < -0.4 is 0 Å². The van der Waals surface area contributed by atoms with E-state index in [4.69, 9.17) is 16.7 Å². The SMILES string of the molecule is O=C1S/C(=C\c2ccc(SCCO)c([N+](=O)[O-])c2)C(=O)N1Cc1ccccc1Cl. The molecule has 0 saturated carbocycles. The van der Waals surface area contributed by atoms with Crippen LogP contribution in [-0.4, -0.2) is 38.4 Å². The number of carbonyl (C=O) groups excluding carboxylic acids is 2. The predicted molar refractivity (Wildman–Crippen MR) is 114 cm³/mol. The Hall–Kier alpha value is -2.33. The summed E-state index contributed by atoms with van der Waals surface area (Å²) in [4.78, 5) is 37.5. The number of imide groups is 1. The Labute approximate surface area is 179 Å². The third-order valence-corrected chi connectivity index (χ3v) is 6.31. The highest BCUT2D eigenvalue weighted by molar-refractivity contribution is 8.18. The molecule has 0 aromatic heterocycles. The zero-order chi connectivity index (χ0) is 21.0. The van der Waals surface area contributed by atoms with Crippen molar-refractivity contribution in [3.63, 3.8) is 0 Å². The molecule has 0 aliphatic carbocycles. The number of nitro groups is 1. The third kappa shape index (κ3) is 4.99. The van der Waals surface area contributed by atoms with Crippen LogP contribution in [0, 0.1) is 10.1 Å². The maximum absolute atomic E-state index is 12.7. The third-order valence-electron chi connectivity index (χ3n) is 3.99. The molecule has 2 aromatic rings. The fourth-order valence-corrected chi connectivity index (χ4v) is 4.42. The van der Waals surface area contributed by atoms with E-state index in [1.807, 2.05) is 0 Å². The number of aliphatic hydroxyl groups is 1. The molecular weight excluding hydrogens is 436 g/mol. The first-order chi connectivity index (χ1) is 13.9. The van der Waals surface area contributed by atoms with Crippen LogP contribution in [0.2, 0.25) is 5.02 Å². The molecule has 0 spiro atoms. The normalized spacial score (nSPS) is 15.4. The van der Waals surface area contributed by atoms with E-state index in [-0.39, 0.29) is 23.7 Å². The van der Waals surface area contributed by atoms with Crippen LogP contribution in [0.15, 0.2) is 52.3 Å². The number of thioether (sulfide) groups is 2. The molecule has 10 heteroatoms. The van der Waals surface area contributed by atoms with Crippen molar-refractivity contribution in [2.45, 2.75) is 11.4 Å². The van der Waals surface area contributed by atoms with E-state index in [1.54, 1.807) is 36.4 Å². The van der Waals surface area contributed by atoms with Gasteiger partial charge in [0.25, 0.3) is 16.8 Å². The quantitative estimate of drug-likeness (QED) is 0.285. The molecule has 2 aromatic carbocycles. The lowest BCUT2D eigenvalue weighted by molar-refractivity contribution is -0.387. The van der Waals surface area contributed by atoms with Crippen molar-refractivity contribution in [3.8, 4) is 0 Å². The molecule has 7 nitrogen and oxygen atoms in total. The van der Waals surface area contributed by atoms with Gasteiger partial charge in [0.1, 0.15) is 0 Å². The summed E-state index contributed by atoms with van der Waals surface area (Å²) in [5.74, 6) is -0.137. The number of hydrogen-bond acceptors (Lipinski definition) is 7. The van der Waals surface area contributed by atoms with Crippen LogP contribution in [0.3, 0.4) is 0 Å². The van der Waals surface area contributed by atoms with E-state index >= 15 is 0 Å². The van der Waals surface area contributed by atoms with Gasteiger partial charge < -0.3 is 5.11 Å². The first kappa shape index (κ1) is 21.4. The van der Waals surface area contributed by atoms with Gasteiger partial charge >= 0.3 is 0 Å². The highest BCUT2D eigenvalue weighted by atomic mass is 35.5. The molecule has 150 valence electrons. The molecule has 3 rings (SSSR count). The van der Waals surface area contributed by atoms with Gasteiger partial charge in [-0.1, -0.05) is 35.9 Å². The molecule has 0 radical (unpaired) electrons. The Kier molecular flexibility index (Phi) is 6.96. The van der Waals surface area contributed by atoms with E-state index < -0.39 is 16.1 Å². The van der Waals surface area contributed by atoms with Gasteiger partial charge in [-0.2, -0.15) is 0 Å². The van der Waals surface area contributed by atoms with Crippen molar-refractivity contribution in [2.24, 2.45) is 0 Å². The van der Waals surface area contributed by atoms with Gasteiger partial charge in [-0.05, 0) is 41.1 Å². The molecule has 1 saturated heterocycles. The van der Waals surface area contributed by atoms with Gasteiger partial charge in [0, 0.05) is 16.8 Å². The lowest BCUT2D eigenvalue weighted by atomic mass is 10.1. The second-order valence-electron chi connectivity index (χ2n) is 5.92. The highest BCUT2D eigenvalue weighted by Gasteiger charge is 2.35. The number of benzene rings is 2.